The van der Waals surface area contributed by atoms with Gasteiger partial charge in [-0.25, -0.2) is 14.0 Å². The van der Waals surface area contributed by atoms with Gasteiger partial charge in [-0.15, -0.1) is 0 Å². The second-order valence-corrected chi connectivity index (χ2v) is 10.2. The van der Waals surface area contributed by atoms with Crippen molar-refractivity contribution in [2.24, 2.45) is 0 Å². The predicted molar refractivity (Wildman–Crippen MR) is 140 cm³/mol. The lowest BCUT2D eigenvalue weighted by atomic mass is 10.1. The monoisotopic (exact) mass is 548 g/mol. The minimum atomic E-state index is -0.753. The molecule has 2 heterocycles. The normalized spacial score (nSPS) is 16.1. The predicted octanol–water partition coefficient (Wildman–Crippen LogP) is 2.30. The van der Waals surface area contributed by atoms with Crippen molar-refractivity contribution in [3.63, 3.8) is 0 Å². The number of amides is 3. The summed E-state index contributed by atoms with van der Waals surface area (Å²) in [7, 11) is 3.31. The van der Waals surface area contributed by atoms with Crippen molar-refractivity contribution in [3.8, 4) is 5.88 Å². The van der Waals surface area contributed by atoms with Gasteiger partial charge in [0.25, 0.3) is 5.91 Å². The van der Waals surface area contributed by atoms with Gasteiger partial charge in [0, 0.05) is 49.9 Å². The quantitative estimate of drug-likeness (QED) is 0.289. The van der Waals surface area contributed by atoms with E-state index in [9.17, 15) is 18.8 Å². The topological polar surface area (TPSA) is 125 Å². The molecule has 2 fully saturated rings. The highest BCUT2D eigenvalue weighted by molar-refractivity contribution is 7.11. The molecular formula is C25H33FN6O5S. The first-order valence-corrected chi connectivity index (χ1v) is 13.4. The molecule has 1 aliphatic carbocycles. The Morgan fingerprint density at radius 2 is 1.95 bits per heavy atom. The highest BCUT2D eigenvalue weighted by Gasteiger charge is 2.26. The summed E-state index contributed by atoms with van der Waals surface area (Å²) >= 11 is 0.853. The first-order chi connectivity index (χ1) is 18.3. The fourth-order valence-corrected chi connectivity index (χ4v) is 4.65. The Bertz CT molecular complexity index is 1150. The molecule has 2 aliphatic rings. The number of benzene rings is 1. The van der Waals surface area contributed by atoms with Gasteiger partial charge in [0.15, 0.2) is 5.56 Å². The molecule has 38 heavy (non-hydrogen) atoms. The van der Waals surface area contributed by atoms with Crippen LogP contribution in [0.1, 0.15) is 45.5 Å². The van der Waals surface area contributed by atoms with E-state index >= 15 is 0 Å². The molecule has 1 aliphatic heterocycles. The number of rotatable bonds is 11. The second kappa shape index (κ2) is 13.0. The summed E-state index contributed by atoms with van der Waals surface area (Å²) in [6.45, 7) is 5.18. The molecule has 1 aromatic heterocycles. The number of carbonyl (C=O) groups is 3. The Balaban J connectivity index is 1.32. The van der Waals surface area contributed by atoms with E-state index < -0.39 is 17.8 Å². The maximum absolute atomic E-state index is 14.4. The summed E-state index contributed by atoms with van der Waals surface area (Å²) in [6, 6.07) is 3.70. The number of methoxy groups -OCH3 is 1. The molecular weight excluding hydrogens is 515 g/mol. The zero-order valence-electron chi connectivity index (χ0n) is 21.5. The van der Waals surface area contributed by atoms with Crippen LogP contribution in [0.15, 0.2) is 18.2 Å². The number of nitrogens with zero attached hydrogens (tertiary/aromatic N) is 3. The minimum absolute atomic E-state index is 0.0619. The number of aromatic nitrogens is 1. The number of likely N-dealkylation sites (N-methyl/N-ethyl adjacent to an activating group) is 1. The van der Waals surface area contributed by atoms with Gasteiger partial charge < -0.3 is 29.9 Å². The average molecular weight is 549 g/mol. The van der Waals surface area contributed by atoms with Crippen LogP contribution in [0.2, 0.25) is 0 Å². The van der Waals surface area contributed by atoms with Crippen molar-refractivity contribution < 1.29 is 28.2 Å². The molecule has 0 spiro atoms. The van der Waals surface area contributed by atoms with Crippen LogP contribution in [0.25, 0.3) is 0 Å². The maximum atomic E-state index is 14.4. The third-order valence-electron chi connectivity index (χ3n) is 6.39. The van der Waals surface area contributed by atoms with Crippen LogP contribution in [-0.2, 0) is 11.3 Å². The van der Waals surface area contributed by atoms with Crippen LogP contribution in [0, 0.1) is 5.82 Å². The van der Waals surface area contributed by atoms with Crippen LogP contribution in [-0.4, -0.2) is 91.5 Å². The van der Waals surface area contributed by atoms with Gasteiger partial charge in [-0.3, -0.25) is 10.1 Å². The first-order valence-electron chi connectivity index (χ1n) is 12.6. The van der Waals surface area contributed by atoms with Gasteiger partial charge in [0.1, 0.15) is 17.4 Å². The number of anilines is 1. The molecule has 3 N–H and O–H groups in total. The highest BCUT2D eigenvalue weighted by Crippen LogP contribution is 2.32. The summed E-state index contributed by atoms with van der Waals surface area (Å²) in [5.74, 6) is -1.69. The fourth-order valence-electron chi connectivity index (χ4n) is 3.93. The molecule has 3 amide bonds. The second-order valence-electron chi connectivity index (χ2n) is 9.41. The average Bonchev–Trinajstić information content (AvgIpc) is 3.64. The Kier molecular flexibility index (Phi) is 9.48. The number of carbonyl (C=O) groups excluding carboxylic acids is 3. The third-order valence-corrected chi connectivity index (χ3v) is 7.14. The summed E-state index contributed by atoms with van der Waals surface area (Å²) in [5.41, 5.74) is 0.382. The van der Waals surface area contributed by atoms with Crippen molar-refractivity contribution in [2.75, 3.05) is 58.7 Å². The number of piperazine rings is 1. The lowest BCUT2D eigenvalue weighted by Crippen LogP contribution is -2.45. The number of halogens is 1. The molecule has 0 radical (unpaired) electrons. The largest absolute Gasteiger partial charge is 0.471 e. The van der Waals surface area contributed by atoms with Gasteiger partial charge >= 0.3 is 12.0 Å². The number of esters is 1. The molecule has 206 valence electrons. The molecule has 1 aromatic carbocycles. The van der Waals surface area contributed by atoms with E-state index in [0.29, 0.717) is 12.1 Å². The zero-order valence-corrected chi connectivity index (χ0v) is 22.4. The Morgan fingerprint density at radius 3 is 2.66 bits per heavy atom. The van der Waals surface area contributed by atoms with Gasteiger partial charge in [-0.1, -0.05) is 0 Å². The highest BCUT2D eigenvalue weighted by atomic mass is 32.1. The number of nitrogens with one attached hydrogen (secondary N) is 3. The standard InChI is InChI=1S/C25H33FN6O5S/c1-31-10-12-32(13-11-31)9-3-8-27-25(35)29-23-20(24(34)36-2)22(30-38-23)37-15-17-14-16(4-7-19(17)26)21(33)28-18-5-6-18/h4,7,14,18H,3,5-6,8-13,15H2,1-2H3,(H,28,33)(H2,27,29,35). The van der Waals surface area contributed by atoms with Gasteiger partial charge in [-0.2, -0.15) is 4.37 Å². The van der Waals surface area contributed by atoms with Crippen molar-refractivity contribution >= 4 is 34.4 Å². The molecule has 1 saturated heterocycles. The molecule has 0 bridgehead atoms. The van der Waals surface area contributed by atoms with Crippen LogP contribution in [0.3, 0.4) is 0 Å². The van der Waals surface area contributed by atoms with E-state index in [-0.39, 0.29) is 40.6 Å². The number of hydrogen-bond acceptors (Lipinski definition) is 9. The van der Waals surface area contributed by atoms with E-state index in [1.165, 1.54) is 25.3 Å². The van der Waals surface area contributed by atoms with Crippen LogP contribution >= 0.6 is 11.5 Å². The number of urea groups is 1. The minimum Gasteiger partial charge on any atom is -0.471 e. The van der Waals surface area contributed by atoms with E-state index in [2.05, 4.69) is 37.2 Å². The first kappa shape index (κ1) is 27.7. The molecule has 2 aromatic rings. The molecule has 0 unspecified atom stereocenters. The fraction of sp³-hybridized carbons (Fsp3) is 0.520. The van der Waals surface area contributed by atoms with Crippen molar-refractivity contribution in [3.05, 3.63) is 40.7 Å². The molecule has 11 nitrogen and oxygen atoms in total. The smallest absolute Gasteiger partial charge is 0.346 e. The van der Waals surface area contributed by atoms with Crippen LogP contribution in [0.5, 0.6) is 5.88 Å². The van der Waals surface area contributed by atoms with Gasteiger partial charge in [-0.05, 0) is 62.6 Å². The summed E-state index contributed by atoms with van der Waals surface area (Å²) in [5, 5.41) is 8.42. The van der Waals surface area contributed by atoms with Crippen molar-refractivity contribution in [2.45, 2.75) is 31.9 Å². The van der Waals surface area contributed by atoms with E-state index in [4.69, 9.17) is 9.47 Å². The number of hydrogen-bond donors (Lipinski definition) is 3. The Hall–Kier alpha value is -3.29. The van der Waals surface area contributed by atoms with E-state index in [1.807, 2.05) is 0 Å². The molecule has 1 saturated carbocycles. The molecule has 4 rings (SSSR count). The Morgan fingerprint density at radius 1 is 1.18 bits per heavy atom. The summed E-state index contributed by atoms with van der Waals surface area (Å²) < 4.78 is 29.0. The Labute approximate surface area is 224 Å². The van der Waals surface area contributed by atoms with Crippen molar-refractivity contribution in [1.82, 2.24) is 24.8 Å². The van der Waals surface area contributed by atoms with Crippen LogP contribution < -0.4 is 20.7 Å². The number of ether oxygens (including phenoxy) is 2. The van der Waals surface area contributed by atoms with Crippen molar-refractivity contribution in [1.29, 1.82) is 0 Å². The lowest BCUT2D eigenvalue weighted by molar-refractivity contribution is 0.0596. The van der Waals surface area contributed by atoms with E-state index in [1.54, 1.807) is 0 Å². The van der Waals surface area contributed by atoms with Gasteiger partial charge in [0.2, 0.25) is 5.88 Å². The van der Waals surface area contributed by atoms with Crippen LogP contribution in [0.4, 0.5) is 14.2 Å². The van der Waals surface area contributed by atoms with E-state index in [0.717, 1.165) is 63.5 Å². The molecule has 0 atom stereocenters. The SMILES string of the molecule is COC(=O)c1c(OCc2cc(C(=O)NC3CC3)ccc2F)nsc1NC(=O)NCCCN1CCN(C)CC1. The zero-order chi connectivity index (χ0) is 27.1. The summed E-state index contributed by atoms with van der Waals surface area (Å²) in [4.78, 5) is 41.8. The molecule has 13 heteroatoms. The maximum Gasteiger partial charge on any atom is 0.346 e. The lowest BCUT2D eigenvalue weighted by Gasteiger charge is -2.32. The van der Waals surface area contributed by atoms with Gasteiger partial charge in [0.05, 0.1) is 7.11 Å². The third kappa shape index (κ3) is 7.62. The summed E-state index contributed by atoms with van der Waals surface area (Å²) in [6.07, 6.45) is 2.67.